The van der Waals surface area contributed by atoms with E-state index in [1.165, 1.54) is 23.3 Å². The Bertz CT molecular complexity index is 846. The van der Waals surface area contributed by atoms with Crippen molar-refractivity contribution in [3.05, 3.63) is 64.7 Å². The van der Waals surface area contributed by atoms with Crippen LogP contribution >= 0.6 is 0 Å². The molecule has 0 aromatic heterocycles. The number of aromatic hydroxyl groups is 1. The maximum absolute atomic E-state index is 12.8. The van der Waals surface area contributed by atoms with Gasteiger partial charge in [0.2, 0.25) is 0 Å². The molecule has 2 nitrogen and oxygen atoms in total. The Morgan fingerprint density at radius 2 is 1.85 bits per heavy atom. The monoisotopic (exact) mass is 375 g/mol. The van der Waals surface area contributed by atoms with Gasteiger partial charge in [-0.3, -0.25) is 4.90 Å². The largest absolute Gasteiger partial charge is 0.508 e. The van der Waals surface area contributed by atoms with E-state index in [4.69, 9.17) is 0 Å². The van der Waals surface area contributed by atoms with Crippen molar-refractivity contribution in [3.63, 3.8) is 0 Å². The van der Waals surface area contributed by atoms with Gasteiger partial charge in [0, 0.05) is 12.6 Å². The fraction of sp³-hybridized carbons (Fsp3) is 0.455. The first-order valence-corrected chi connectivity index (χ1v) is 9.41. The first-order valence-electron chi connectivity index (χ1n) is 9.41. The van der Waals surface area contributed by atoms with Gasteiger partial charge in [0.15, 0.2) is 0 Å². The molecule has 1 aliphatic carbocycles. The average molecular weight is 375 g/mol. The molecule has 4 rings (SSSR count). The molecule has 3 atom stereocenters. The van der Waals surface area contributed by atoms with Gasteiger partial charge < -0.3 is 5.11 Å². The van der Waals surface area contributed by atoms with Crippen molar-refractivity contribution in [2.75, 3.05) is 6.54 Å². The van der Waals surface area contributed by atoms with Gasteiger partial charge in [-0.1, -0.05) is 32.0 Å². The van der Waals surface area contributed by atoms with Gasteiger partial charge in [-0.05, 0) is 71.7 Å². The van der Waals surface area contributed by atoms with E-state index in [9.17, 15) is 18.3 Å². The zero-order chi connectivity index (χ0) is 19.4. The molecule has 5 heteroatoms. The number of phenols is 1. The number of fused-ring (bicyclic) bond motifs is 4. The van der Waals surface area contributed by atoms with E-state index in [1.54, 1.807) is 18.2 Å². The normalized spacial score (nSPS) is 28.0. The molecule has 1 fully saturated rings. The lowest BCUT2D eigenvalue weighted by Gasteiger charge is -2.54. The number of hydrogen-bond donors (Lipinski definition) is 1. The second-order valence-corrected chi connectivity index (χ2v) is 8.23. The van der Waals surface area contributed by atoms with Crippen LogP contribution in [-0.2, 0) is 24.6 Å². The summed E-state index contributed by atoms with van der Waals surface area (Å²) in [6, 6.07) is 11.6. The molecule has 2 aromatic rings. The van der Waals surface area contributed by atoms with Gasteiger partial charge in [0.25, 0.3) is 0 Å². The van der Waals surface area contributed by atoms with Gasteiger partial charge >= 0.3 is 6.18 Å². The van der Waals surface area contributed by atoms with Gasteiger partial charge in [0.05, 0.1) is 5.56 Å². The smallest absolute Gasteiger partial charge is 0.416 e. The van der Waals surface area contributed by atoms with Crippen LogP contribution in [-0.4, -0.2) is 22.6 Å². The number of likely N-dealkylation sites (tertiary alicyclic amines) is 1. The lowest BCUT2D eigenvalue weighted by molar-refractivity contribution is -0.137. The number of nitrogens with zero attached hydrogens (tertiary/aromatic N) is 1. The van der Waals surface area contributed by atoms with Crippen LogP contribution in [0.1, 0.15) is 42.5 Å². The number of phenolic OH excluding ortho intramolecular Hbond substituents is 1. The van der Waals surface area contributed by atoms with Crippen molar-refractivity contribution in [3.8, 4) is 5.75 Å². The van der Waals surface area contributed by atoms with Crippen LogP contribution in [0.25, 0.3) is 0 Å². The SMILES string of the molecule is C[C@@H]1[C@@H]2Cc3ccc(O)cc3[C@@]1(C)CCN2Cc1ccc(C(F)(F)F)cc1. The minimum Gasteiger partial charge on any atom is -0.508 e. The highest BCUT2D eigenvalue weighted by atomic mass is 19.4. The first kappa shape index (κ1) is 18.4. The minimum atomic E-state index is -4.29. The Balaban J connectivity index is 1.58. The molecule has 0 amide bonds. The lowest BCUT2D eigenvalue weighted by Crippen LogP contribution is -2.57. The van der Waals surface area contributed by atoms with E-state index < -0.39 is 11.7 Å². The number of rotatable bonds is 2. The number of halogens is 3. The molecule has 2 aliphatic rings. The van der Waals surface area contributed by atoms with Crippen molar-refractivity contribution in [2.45, 2.75) is 50.9 Å². The summed E-state index contributed by atoms with van der Waals surface area (Å²) >= 11 is 0. The third kappa shape index (κ3) is 3.12. The number of hydrogen-bond acceptors (Lipinski definition) is 2. The van der Waals surface area contributed by atoms with E-state index >= 15 is 0 Å². The molecule has 27 heavy (non-hydrogen) atoms. The number of alkyl halides is 3. The Morgan fingerprint density at radius 3 is 2.52 bits per heavy atom. The zero-order valence-corrected chi connectivity index (χ0v) is 15.6. The summed E-state index contributed by atoms with van der Waals surface area (Å²) < 4.78 is 38.3. The minimum absolute atomic E-state index is 0.0215. The van der Waals surface area contributed by atoms with E-state index in [2.05, 4.69) is 18.7 Å². The summed E-state index contributed by atoms with van der Waals surface area (Å²) in [6.07, 6.45) is -2.41. The summed E-state index contributed by atoms with van der Waals surface area (Å²) in [7, 11) is 0. The predicted octanol–water partition coefficient (Wildman–Crippen LogP) is 5.14. The highest BCUT2D eigenvalue weighted by Crippen LogP contribution is 2.49. The third-order valence-electron chi connectivity index (χ3n) is 6.77. The average Bonchev–Trinajstić information content (AvgIpc) is 2.61. The second-order valence-electron chi connectivity index (χ2n) is 8.23. The summed E-state index contributed by atoms with van der Waals surface area (Å²) in [4.78, 5) is 2.41. The van der Waals surface area contributed by atoms with Crippen LogP contribution in [0.3, 0.4) is 0 Å². The molecule has 144 valence electrons. The maximum Gasteiger partial charge on any atom is 0.416 e. The van der Waals surface area contributed by atoms with Crippen LogP contribution in [0.5, 0.6) is 5.75 Å². The molecule has 0 saturated carbocycles. The Labute approximate surface area is 157 Å². The summed E-state index contributed by atoms with van der Waals surface area (Å²) in [5.74, 6) is 0.725. The van der Waals surface area contributed by atoms with Crippen LogP contribution in [0.4, 0.5) is 13.2 Å². The van der Waals surface area contributed by atoms with Crippen LogP contribution in [0.15, 0.2) is 42.5 Å². The highest BCUT2D eigenvalue weighted by Gasteiger charge is 2.48. The molecule has 0 radical (unpaired) electrons. The quantitative estimate of drug-likeness (QED) is 0.786. The Hall–Kier alpha value is -2.01. The Morgan fingerprint density at radius 1 is 1.15 bits per heavy atom. The van der Waals surface area contributed by atoms with E-state index in [1.807, 2.05) is 12.1 Å². The number of benzene rings is 2. The first-order chi connectivity index (χ1) is 12.7. The second kappa shape index (κ2) is 6.26. The fourth-order valence-electron chi connectivity index (χ4n) is 4.93. The topological polar surface area (TPSA) is 23.5 Å². The van der Waals surface area contributed by atoms with E-state index in [0.717, 1.165) is 24.9 Å². The molecular formula is C22H24F3NO. The fourth-order valence-corrected chi connectivity index (χ4v) is 4.93. The molecule has 1 aliphatic heterocycles. The third-order valence-corrected chi connectivity index (χ3v) is 6.77. The van der Waals surface area contributed by atoms with Crippen molar-refractivity contribution < 1.29 is 18.3 Å². The molecule has 0 spiro atoms. The van der Waals surface area contributed by atoms with Gasteiger partial charge in [-0.25, -0.2) is 0 Å². The standard InChI is InChI=1S/C22H24F3NO/c1-14-20-11-16-5-8-18(27)12-19(16)21(14,2)9-10-26(20)13-15-3-6-17(7-4-15)22(23,24)25/h3-8,12,14,20,27H,9-11,13H2,1-2H3/t14-,20+,21+/m1/s1. The molecule has 1 heterocycles. The highest BCUT2D eigenvalue weighted by molar-refractivity contribution is 5.44. The van der Waals surface area contributed by atoms with E-state index in [0.29, 0.717) is 24.3 Å². The Kier molecular flexibility index (Phi) is 4.26. The van der Waals surface area contributed by atoms with Crippen LogP contribution in [0, 0.1) is 5.92 Å². The van der Waals surface area contributed by atoms with Gasteiger partial charge in [-0.2, -0.15) is 13.2 Å². The number of piperidine rings is 1. The van der Waals surface area contributed by atoms with Crippen molar-refractivity contribution >= 4 is 0 Å². The lowest BCUT2D eigenvalue weighted by atomic mass is 9.59. The summed E-state index contributed by atoms with van der Waals surface area (Å²) in [5.41, 5.74) is 2.86. The van der Waals surface area contributed by atoms with Gasteiger partial charge in [0.1, 0.15) is 5.75 Å². The zero-order valence-electron chi connectivity index (χ0n) is 15.6. The molecule has 1 N–H and O–H groups in total. The van der Waals surface area contributed by atoms with Gasteiger partial charge in [-0.15, -0.1) is 0 Å². The summed E-state index contributed by atoms with van der Waals surface area (Å²) in [5, 5.41) is 9.92. The predicted molar refractivity (Wildman–Crippen MR) is 98.6 cm³/mol. The van der Waals surface area contributed by atoms with Crippen molar-refractivity contribution in [1.29, 1.82) is 0 Å². The summed E-state index contributed by atoms with van der Waals surface area (Å²) in [6.45, 7) is 6.10. The van der Waals surface area contributed by atoms with Crippen molar-refractivity contribution in [1.82, 2.24) is 4.90 Å². The maximum atomic E-state index is 12.8. The van der Waals surface area contributed by atoms with Crippen LogP contribution in [0.2, 0.25) is 0 Å². The molecule has 2 aromatic carbocycles. The molecule has 1 saturated heterocycles. The molecule has 2 bridgehead atoms. The van der Waals surface area contributed by atoms with Crippen molar-refractivity contribution in [2.24, 2.45) is 5.92 Å². The molecule has 0 unspecified atom stereocenters. The molecular weight excluding hydrogens is 351 g/mol. The van der Waals surface area contributed by atoms with E-state index in [-0.39, 0.29) is 5.41 Å². The van der Waals surface area contributed by atoms with Crippen LogP contribution < -0.4 is 0 Å².